The predicted molar refractivity (Wildman–Crippen MR) is 34.6 cm³/mol. The van der Waals surface area contributed by atoms with Gasteiger partial charge in [0, 0.05) is 5.56 Å². The van der Waals surface area contributed by atoms with Gasteiger partial charge < -0.3 is 9.73 Å². The molecule has 0 radical (unpaired) electrons. The molecule has 0 saturated carbocycles. The fourth-order valence-corrected chi connectivity index (χ4v) is 0.833. The molecule has 0 aromatic carbocycles. The molecule has 4 heteroatoms. The van der Waals surface area contributed by atoms with Crippen molar-refractivity contribution in [1.29, 1.82) is 0 Å². The third kappa shape index (κ3) is 1.17. The maximum absolute atomic E-state index is 8.37. The van der Waals surface area contributed by atoms with Crippen LogP contribution in [0.15, 0.2) is 4.52 Å². The summed E-state index contributed by atoms with van der Waals surface area (Å²) in [6, 6.07) is 0. The van der Waals surface area contributed by atoms with E-state index in [9.17, 15) is 0 Å². The van der Waals surface area contributed by atoms with E-state index < -0.39 is 0 Å². The second-order valence-electron chi connectivity index (χ2n) is 2.14. The first-order valence-electron chi connectivity index (χ1n) is 3.04. The van der Waals surface area contributed by atoms with Crippen molar-refractivity contribution in [2.75, 3.05) is 0 Å². The van der Waals surface area contributed by atoms with Gasteiger partial charge in [0.15, 0.2) is 0 Å². The normalized spacial score (nSPS) is 10.3. The molecule has 10 heavy (non-hydrogen) atoms. The molecule has 0 aliphatic carbocycles. The molecule has 0 amide bonds. The first kappa shape index (κ1) is 7.24. The minimum atomic E-state index is 0.390. The molecule has 0 unspecified atom stereocenters. The van der Waals surface area contributed by atoms with Gasteiger partial charge in [-0.2, -0.15) is 0 Å². The van der Waals surface area contributed by atoms with Gasteiger partial charge in [-0.3, -0.25) is 0 Å². The zero-order valence-electron chi connectivity index (χ0n) is 6.01. The molecule has 0 aliphatic rings. The highest BCUT2D eigenvalue weighted by atomic mass is 16.5. The van der Waals surface area contributed by atoms with Crippen molar-refractivity contribution in [3.63, 3.8) is 0 Å². The lowest BCUT2D eigenvalue weighted by Gasteiger charge is -1.94. The lowest BCUT2D eigenvalue weighted by Crippen LogP contribution is -2.07. The van der Waals surface area contributed by atoms with Gasteiger partial charge in [-0.15, -0.1) is 0 Å². The summed E-state index contributed by atoms with van der Waals surface area (Å²) in [6.45, 7) is 4.04. The standard InChI is InChI=1S/C6H10N2O2/c1-4-6(3-7-9)5(2)10-8-4/h7,9H,3H2,1-2H3. The zero-order chi connectivity index (χ0) is 7.56. The van der Waals surface area contributed by atoms with Gasteiger partial charge >= 0.3 is 0 Å². The van der Waals surface area contributed by atoms with Gasteiger partial charge in [0.1, 0.15) is 5.76 Å². The van der Waals surface area contributed by atoms with Crippen LogP contribution < -0.4 is 5.48 Å². The number of hydrogen-bond donors (Lipinski definition) is 2. The molecule has 56 valence electrons. The molecule has 0 aliphatic heterocycles. The average molecular weight is 142 g/mol. The van der Waals surface area contributed by atoms with Crippen molar-refractivity contribution in [1.82, 2.24) is 10.6 Å². The number of nitrogens with zero attached hydrogens (tertiary/aromatic N) is 1. The first-order chi connectivity index (χ1) is 4.75. The summed E-state index contributed by atoms with van der Waals surface area (Å²) in [4.78, 5) is 0. The number of hydrogen-bond acceptors (Lipinski definition) is 4. The molecule has 0 bridgehead atoms. The van der Waals surface area contributed by atoms with E-state index >= 15 is 0 Å². The minimum Gasteiger partial charge on any atom is -0.361 e. The van der Waals surface area contributed by atoms with Crippen molar-refractivity contribution >= 4 is 0 Å². The van der Waals surface area contributed by atoms with Gasteiger partial charge in [0.05, 0.1) is 12.2 Å². The van der Waals surface area contributed by atoms with Gasteiger partial charge in [-0.1, -0.05) is 5.16 Å². The highest BCUT2D eigenvalue weighted by Gasteiger charge is 2.06. The Morgan fingerprint density at radius 3 is 2.70 bits per heavy atom. The van der Waals surface area contributed by atoms with E-state index in [1.165, 1.54) is 0 Å². The summed E-state index contributed by atoms with van der Waals surface area (Å²) in [5, 5.41) is 12.1. The topological polar surface area (TPSA) is 58.3 Å². The van der Waals surface area contributed by atoms with Crippen LogP contribution in [-0.4, -0.2) is 10.4 Å². The van der Waals surface area contributed by atoms with E-state index in [2.05, 4.69) is 10.6 Å². The molecule has 0 saturated heterocycles. The van der Waals surface area contributed by atoms with Crippen molar-refractivity contribution in [2.24, 2.45) is 0 Å². The second kappa shape index (κ2) is 2.81. The van der Waals surface area contributed by atoms with E-state index in [-0.39, 0.29) is 0 Å². The van der Waals surface area contributed by atoms with Crippen LogP contribution in [0.4, 0.5) is 0 Å². The van der Waals surface area contributed by atoms with E-state index in [4.69, 9.17) is 9.73 Å². The summed E-state index contributed by atoms with van der Waals surface area (Å²) in [5.74, 6) is 0.749. The summed E-state index contributed by atoms with van der Waals surface area (Å²) in [6.07, 6.45) is 0. The Bertz CT molecular complexity index is 200. The quantitative estimate of drug-likeness (QED) is 0.599. The van der Waals surface area contributed by atoms with Gasteiger partial charge in [-0.05, 0) is 13.8 Å². The summed E-state index contributed by atoms with van der Waals surface area (Å²) in [7, 11) is 0. The maximum Gasteiger partial charge on any atom is 0.138 e. The Labute approximate surface area is 58.8 Å². The zero-order valence-corrected chi connectivity index (χ0v) is 6.01. The van der Waals surface area contributed by atoms with Gasteiger partial charge in [0.2, 0.25) is 0 Å². The number of hydroxylamine groups is 1. The predicted octanol–water partition coefficient (Wildman–Crippen LogP) is 0.770. The third-order valence-corrected chi connectivity index (χ3v) is 1.44. The fourth-order valence-electron chi connectivity index (χ4n) is 0.833. The van der Waals surface area contributed by atoms with Gasteiger partial charge in [-0.25, -0.2) is 5.48 Å². The second-order valence-corrected chi connectivity index (χ2v) is 2.14. The average Bonchev–Trinajstić information content (AvgIpc) is 2.20. The number of aromatic nitrogens is 1. The molecular formula is C6H10N2O2. The molecule has 0 fully saturated rings. The van der Waals surface area contributed by atoms with Crippen molar-refractivity contribution in [3.8, 4) is 0 Å². The molecule has 0 spiro atoms. The Balaban J connectivity index is 2.87. The Morgan fingerprint density at radius 1 is 1.60 bits per heavy atom. The van der Waals surface area contributed by atoms with Crippen molar-refractivity contribution in [3.05, 3.63) is 17.0 Å². The number of rotatable bonds is 2. The van der Waals surface area contributed by atoms with E-state index in [1.54, 1.807) is 0 Å². The van der Waals surface area contributed by atoms with E-state index in [1.807, 2.05) is 13.8 Å². The SMILES string of the molecule is Cc1noc(C)c1CNO. The van der Waals surface area contributed by atoms with Crippen LogP contribution in [0.2, 0.25) is 0 Å². The van der Waals surface area contributed by atoms with E-state index in [0.29, 0.717) is 6.54 Å². The summed E-state index contributed by atoms with van der Waals surface area (Å²) in [5.41, 5.74) is 3.79. The Morgan fingerprint density at radius 2 is 2.30 bits per heavy atom. The highest BCUT2D eigenvalue weighted by molar-refractivity contribution is 5.19. The molecule has 1 rings (SSSR count). The number of aryl methyl sites for hydroxylation is 2. The Kier molecular flexibility index (Phi) is 2.03. The molecule has 0 atom stereocenters. The lowest BCUT2D eigenvalue weighted by atomic mass is 10.2. The molecule has 4 nitrogen and oxygen atoms in total. The van der Waals surface area contributed by atoms with E-state index in [0.717, 1.165) is 17.0 Å². The monoisotopic (exact) mass is 142 g/mol. The molecular weight excluding hydrogens is 132 g/mol. The van der Waals surface area contributed by atoms with Crippen LogP contribution in [0.5, 0.6) is 0 Å². The third-order valence-electron chi connectivity index (χ3n) is 1.44. The van der Waals surface area contributed by atoms with Crippen LogP contribution in [0, 0.1) is 13.8 Å². The molecule has 1 aromatic rings. The molecule has 1 aromatic heterocycles. The summed E-state index contributed by atoms with van der Waals surface area (Å²) >= 11 is 0. The smallest absolute Gasteiger partial charge is 0.138 e. The molecule has 2 N–H and O–H groups in total. The van der Waals surface area contributed by atoms with Crippen LogP contribution in [0.1, 0.15) is 17.0 Å². The lowest BCUT2D eigenvalue weighted by molar-refractivity contribution is 0.160. The van der Waals surface area contributed by atoms with Crippen molar-refractivity contribution in [2.45, 2.75) is 20.4 Å². The first-order valence-corrected chi connectivity index (χ1v) is 3.04. The van der Waals surface area contributed by atoms with Crippen molar-refractivity contribution < 1.29 is 9.73 Å². The molecule has 1 heterocycles. The summed E-state index contributed by atoms with van der Waals surface area (Å²) < 4.78 is 4.85. The Hall–Kier alpha value is -0.870. The van der Waals surface area contributed by atoms with Gasteiger partial charge in [0.25, 0.3) is 0 Å². The van der Waals surface area contributed by atoms with Crippen LogP contribution >= 0.6 is 0 Å². The van der Waals surface area contributed by atoms with Crippen LogP contribution in [0.3, 0.4) is 0 Å². The highest BCUT2D eigenvalue weighted by Crippen LogP contribution is 2.10. The number of nitrogens with one attached hydrogen (secondary N) is 1. The minimum absolute atomic E-state index is 0.390. The maximum atomic E-state index is 8.37. The van der Waals surface area contributed by atoms with Crippen LogP contribution in [0.25, 0.3) is 0 Å². The van der Waals surface area contributed by atoms with Crippen LogP contribution in [-0.2, 0) is 6.54 Å². The largest absolute Gasteiger partial charge is 0.361 e. The fraction of sp³-hybridized carbons (Fsp3) is 0.500.